The number of hydrogen-bond donors (Lipinski definition) is 3. The van der Waals surface area contributed by atoms with Crippen LogP contribution in [0.4, 0.5) is 0 Å². The van der Waals surface area contributed by atoms with Crippen LogP contribution in [0.2, 0.25) is 0 Å². The van der Waals surface area contributed by atoms with Gasteiger partial charge in [-0.3, -0.25) is 4.79 Å². The maximum atomic E-state index is 12.3. The molecule has 4 N–H and O–H groups in total. The number of halogens is 1. The van der Waals surface area contributed by atoms with Gasteiger partial charge in [0.1, 0.15) is 0 Å². The monoisotopic (exact) mass is 405 g/mol. The topological polar surface area (TPSA) is 111 Å². The SMILES string of the molecule is COCCNS(=O)(=O)c1cccc(CNC(=O)C2CCCC(N)C2)c1.Cl. The third kappa shape index (κ3) is 6.85. The molecule has 1 fully saturated rings. The van der Waals surface area contributed by atoms with Crippen LogP contribution < -0.4 is 15.8 Å². The fourth-order valence-corrected chi connectivity index (χ4v) is 4.07. The highest BCUT2D eigenvalue weighted by atomic mass is 35.5. The van der Waals surface area contributed by atoms with Gasteiger partial charge >= 0.3 is 0 Å². The van der Waals surface area contributed by atoms with Gasteiger partial charge < -0.3 is 15.8 Å². The van der Waals surface area contributed by atoms with Crippen LogP contribution in [0.15, 0.2) is 29.2 Å². The van der Waals surface area contributed by atoms with E-state index in [2.05, 4.69) is 10.0 Å². The van der Waals surface area contributed by atoms with Crippen LogP contribution in [-0.4, -0.2) is 40.6 Å². The maximum Gasteiger partial charge on any atom is 0.240 e. The predicted molar refractivity (Wildman–Crippen MR) is 103 cm³/mol. The molecule has 1 aliphatic rings. The zero-order valence-electron chi connectivity index (χ0n) is 14.9. The Morgan fingerprint density at radius 3 is 2.81 bits per heavy atom. The molecular formula is C17H28ClN3O4S. The first-order chi connectivity index (χ1) is 11.9. The Labute approximate surface area is 161 Å². The first-order valence-electron chi connectivity index (χ1n) is 8.53. The molecule has 1 saturated carbocycles. The van der Waals surface area contributed by atoms with Gasteiger partial charge in [0.2, 0.25) is 15.9 Å². The van der Waals surface area contributed by atoms with Gasteiger partial charge in [-0.1, -0.05) is 18.6 Å². The highest BCUT2D eigenvalue weighted by molar-refractivity contribution is 7.89. The summed E-state index contributed by atoms with van der Waals surface area (Å²) in [4.78, 5) is 12.4. The van der Waals surface area contributed by atoms with Gasteiger partial charge in [-0.05, 0) is 37.0 Å². The number of rotatable bonds is 8. The number of carbonyl (C=O) groups is 1. The molecule has 0 spiro atoms. The molecule has 0 saturated heterocycles. The Bertz CT molecular complexity index is 684. The smallest absolute Gasteiger partial charge is 0.240 e. The summed E-state index contributed by atoms with van der Waals surface area (Å²) in [6, 6.07) is 6.66. The van der Waals surface area contributed by atoms with E-state index in [4.69, 9.17) is 10.5 Å². The summed E-state index contributed by atoms with van der Waals surface area (Å²) in [5, 5.41) is 2.89. The van der Waals surface area contributed by atoms with Crippen LogP contribution >= 0.6 is 12.4 Å². The van der Waals surface area contributed by atoms with Crippen LogP contribution in [-0.2, 0) is 26.1 Å². The lowest BCUT2D eigenvalue weighted by Crippen LogP contribution is -2.37. The van der Waals surface area contributed by atoms with E-state index < -0.39 is 10.0 Å². The third-order valence-electron chi connectivity index (χ3n) is 4.36. The average molecular weight is 406 g/mol. The molecule has 0 heterocycles. The number of amides is 1. The maximum absolute atomic E-state index is 12.3. The van der Waals surface area contributed by atoms with E-state index in [0.29, 0.717) is 19.6 Å². The molecule has 26 heavy (non-hydrogen) atoms. The summed E-state index contributed by atoms with van der Waals surface area (Å²) in [6.45, 7) is 0.812. The molecule has 1 aromatic rings. The molecule has 0 radical (unpaired) electrons. The van der Waals surface area contributed by atoms with E-state index in [1.54, 1.807) is 18.2 Å². The van der Waals surface area contributed by atoms with Crippen LogP contribution in [0.1, 0.15) is 31.2 Å². The molecule has 2 unspecified atom stereocenters. The van der Waals surface area contributed by atoms with E-state index in [9.17, 15) is 13.2 Å². The summed E-state index contributed by atoms with van der Waals surface area (Å²) in [5.74, 6) is -0.0620. The lowest BCUT2D eigenvalue weighted by molar-refractivity contribution is -0.126. The van der Waals surface area contributed by atoms with Crippen LogP contribution in [0, 0.1) is 5.92 Å². The quantitative estimate of drug-likeness (QED) is 0.562. The van der Waals surface area contributed by atoms with Crippen molar-refractivity contribution in [3.8, 4) is 0 Å². The van der Waals surface area contributed by atoms with Gasteiger partial charge in [0.15, 0.2) is 0 Å². The van der Waals surface area contributed by atoms with Crippen LogP contribution in [0.3, 0.4) is 0 Å². The molecular weight excluding hydrogens is 378 g/mol. The van der Waals surface area contributed by atoms with Crippen molar-refractivity contribution in [3.63, 3.8) is 0 Å². The largest absolute Gasteiger partial charge is 0.383 e. The van der Waals surface area contributed by atoms with Gasteiger partial charge in [0, 0.05) is 32.2 Å². The summed E-state index contributed by atoms with van der Waals surface area (Å²) in [5.41, 5.74) is 6.66. The predicted octanol–water partition coefficient (Wildman–Crippen LogP) is 1.17. The second-order valence-corrected chi connectivity index (χ2v) is 8.15. The molecule has 1 amide bonds. The van der Waals surface area contributed by atoms with Gasteiger partial charge in [-0.15, -0.1) is 12.4 Å². The number of methoxy groups -OCH3 is 1. The van der Waals surface area contributed by atoms with Gasteiger partial charge in [0.25, 0.3) is 0 Å². The van der Waals surface area contributed by atoms with E-state index in [-0.39, 0.29) is 41.7 Å². The number of carbonyl (C=O) groups excluding carboxylic acids is 1. The number of nitrogens with one attached hydrogen (secondary N) is 2. The lowest BCUT2D eigenvalue weighted by atomic mass is 9.85. The first kappa shape index (κ1) is 22.9. The minimum absolute atomic E-state index is 0. The van der Waals surface area contributed by atoms with Crippen molar-refractivity contribution in [2.75, 3.05) is 20.3 Å². The third-order valence-corrected chi connectivity index (χ3v) is 5.82. The number of hydrogen-bond acceptors (Lipinski definition) is 5. The van der Waals surface area contributed by atoms with Gasteiger partial charge in [-0.2, -0.15) is 0 Å². The second-order valence-electron chi connectivity index (χ2n) is 6.38. The Hall–Kier alpha value is -1.19. The summed E-state index contributed by atoms with van der Waals surface area (Å²) >= 11 is 0. The highest BCUT2D eigenvalue weighted by Gasteiger charge is 2.25. The zero-order valence-corrected chi connectivity index (χ0v) is 16.6. The van der Waals surface area contributed by atoms with Crippen molar-refractivity contribution in [2.24, 2.45) is 11.7 Å². The summed E-state index contributed by atoms with van der Waals surface area (Å²) < 4.78 is 31.7. The normalized spacial score (nSPS) is 20.2. The van der Waals surface area contributed by atoms with E-state index in [1.807, 2.05) is 0 Å². The van der Waals surface area contributed by atoms with E-state index in [0.717, 1.165) is 24.8 Å². The fraction of sp³-hybridized carbons (Fsp3) is 0.588. The van der Waals surface area contributed by atoms with Gasteiger partial charge in [-0.25, -0.2) is 13.1 Å². The molecule has 2 rings (SSSR count). The Morgan fingerprint density at radius 2 is 2.12 bits per heavy atom. The zero-order chi connectivity index (χ0) is 18.3. The molecule has 1 aliphatic carbocycles. The van der Waals surface area contributed by atoms with Crippen LogP contribution in [0.5, 0.6) is 0 Å². The summed E-state index contributed by atoms with van der Waals surface area (Å²) in [6.07, 6.45) is 3.51. The molecule has 1 aromatic carbocycles. The number of benzene rings is 1. The van der Waals surface area contributed by atoms with Crippen molar-refractivity contribution < 1.29 is 17.9 Å². The first-order valence-corrected chi connectivity index (χ1v) is 10.0. The van der Waals surface area contributed by atoms with Gasteiger partial charge in [0.05, 0.1) is 11.5 Å². The minimum Gasteiger partial charge on any atom is -0.383 e. The van der Waals surface area contributed by atoms with Crippen molar-refractivity contribution in [1.82, 2.24) is 10.0 Å². The molecule has 9 heteroatoms. The van der Waals surface area contributed by atoms with Crippen LogP contribution in [0.25, 0.3) is 0 Å². The molecule has 2 atom stereocenters. The second kappa shape index (κ2) is 10.8. The molecule has 7 nitrogen and oxygen atoms in total. The van der Waals surface area contributed by atoms with Crippen molar-refractivity contribution in [1.29, 1.82) is 0 Å². The molecule has 148 valence electrons. The Morgan fingerprint density at radius 1 is 1.35 bits per heavy atom. The number of nitrogens with two attached hydrogens (primary N) is 1. The molecule has 0 aromatic heterocycles. The van der Waals surface area contributed by atoms with Crippen molar-refractivity contribution in [2.45, 2.75) is 43.2 Å². The standard InChI is InChI=1S/C17H27N3O4S.ClH/c1-24-9-8-20-25(22,23)16-7-2-4-13(10-16)12-19-17(21)14-5-3-6-15(18)11-14;/h2,4,7,10,14-15,20H,3,5-6,8-9,11-12,18H2,1H3,(H,19,21);1H. The molecule has 0 aliphatic heterocycles. The summed E-state index contributed by atoms with van der Waals surface area (Å²) in [7, 11) is -2.07. The minimum atomic E-state index is -3.58. The lowest BCUT2D eigenvalue weighted by Gasteiger charge is -2.25. The average Bonchev–Trinajstić information content (AvgIpc) is 2.60. The number of sulfonamides is 1. The molecule has 0 bridgehead atoms. The highest BCUT2D eigenvalue weighted by Crippen LogP contribution is 2.23. The van der Waals surface area contributed by atoms with Crippen molar-refractivity contribution in [3.05, 3.63) is 29.8 Å². The number of ether oxygens (including phenoxy) is 1. The van der Waals surface area contributed by atoms with E-state index >= 15 is 0 Å². The fourth-order valence-electron chi connectivity index (χ4n) is 2.98. The van der Waals surface area contributed by atoms with E-state index in [1.165, 1.54) is 13.2 Å². The Kier molecular flexibility index (Phi) is 9.52. The Balaban J connectivity index is 0.00000338. The van der Waals surface area contributed by atoms with Crippen molar-refractivity contribution >= 4 is 28.3 Å².